The lowest BCUT2D eigenvalue weighted by Crippen LogP contribution is -2.41. The molecule has 0 spiro atoms. The number of nitrogens with two attached hydrogens (primary N) is 2. The summed E-state index contributed by atoms with van der Waals surface area (Å²) in [5.74, 6) is -2.49. The number of hydrogen-bond donors (Lipinski definition) is 10. The van der Waals surface area contributed by atoms with Crippen LogP contribution in [0, 0.1) is 5.92 Å². The molecule has 6 heterocycles. The average molecular weight is 811 g/mol. The van der Waals surface area contributed by atoms with Crippen molar-refractivity contribution in [2.45, 2.75) is 49.3 Å². The van der Waals surface area contributed by atoms with Crippen LogP contribution >= 0.6 is 23.5 Å². The van der Waals surface area contributed by atoms with E-state index in [0.717, 1.165) is 10.9 Å². The number of phosphoric ester groups is 2. The van der Waals surface area contributed by atoms with Crippen molar-refractivity contribution in [3.8, 4) is 0 Å². The molecule has 0 aliphatic carbocycles. The number of hydrogen-bond acceptors (Lipinski definition) is 19. The first-order chi connectivity index (χ1) is 24.6. The summed E-state index contributed by atoms with van der Waals surface area (Å²) in [6, 6.07) is 0. The lowest BCUT2D eigenvalue weighted by atomic mass is 9.74. The molecule has 0 bridgehead atoms. The van der Waals surface area contributed by atoms with Crippen LogP contribution in [-0.4, -0.2) is 116 Å². The molecule has 11 atom stereocenters. The van der Waals surface area contributed by atoms with Crippen molar-refractivity contribution in [1.82, 2.24) is 34.1 Å². The molecule has 4 aromatic rings. The van der Waals surface area contributed by atoms with Gasteiger partial charge >= 0.3 is 29.1 Å². The second-order valence-corrected chi connectivity index (χ2v) is 16.4. The van der Waals surface area contributed by atoms with Crippen molar-refractivity contribution in [3.63, 3.8) is 0 Å². The van der Waals surface area contributed by atoms with E-state index in [2.05, 4.69) is 42.6 Å². The molecular weight excluding hydrogens is 780 g/mol. The first kappa shape index (κ1) is 39.3. The number of aromatic amines is 2. The number of aliphatic hydroxyl groups is 3. The molecule has 288 valence electrons. The van der Waals surface area contributed by atoms with Crippen molar-refractivity contribution in [2.75, 3.05) is 24.7 Å². The molecule has 6 rings (SSSR count). The number of rotatable bonds is 13. The summed E-state index contributed by atoms with van der Waals surface area (Å²) < 4.78 is 69.7. The minimum atomic E-state index is -5.96. The molecule has 31 heteroatoms. The monoisotopic (exact) mass is 811 g/mol. The lowest BCUT2D eigenvalue weighted by molar-refractivity contribution is -0.682. The van der Waals surface area contributed by atoms with Gasteiger partial charge in [0.15, 0.2) is 30.0 Å². The maximum absolute atomic E-state index is 12.5. The topological polar surface area (TPSA) is 398 Å². The molecule has 2 saturated heterocycles. The van der Waals surface area contributed by atoms with Crippen LogP contribution in [0.15, 0.2) is 22.2 Å². The summed E-state index contributed by atoms with van der Waals surface area (Å²) >= 11 is 0. The molecule has 53 heavy (non-hydrogen) atoms. The number of aryl methyl sites for hydroxylation is 1. The summed E-state index contributed by atoms with van der Waals surface area (Å²) in [4.78, 5) is 70.9. The normalized spacial score (nSPS) is 29.7. The van der Waals surface area contributed by atoms with Crippen LogP contribution in [0.2, 0.25) is 5.82 Å². The first-order valence-corrected chi connectivity index (χ1v) is 19.4. The first-order valence-electron chi connectivity index (χ1n) is 14.9. The number of aromatic nitrogens is 8. The van der Waals surface area contributed by atoms with Crippen molar-refractivity contribution in [3.05, 3.63) is 33.4 Å². The van der Waals surface area contributed by atoms with Gasteiger partial charge in [0.05, 0.1) is 47.1 Å². The Balaban J connectivity index is 1.02. The quantitative estimate of drug-likeness (QED) is 0.0351. The maximum atomic E-state index is 12.5. The van der Waals surface area contributed by atoms with Crippen LogP contribution in [0.1, 0.15) is 6.23 Å². The predicted molar refractivity (Wildman–Crippen MR) is 172 cm³/mol. The van der Waals surface area contributed by atoms with E-state index >= 15 is 0 Å². The molecule has 2 radical (unpaired) electrons. The second-order valence-electron chi connectivity index (χ2n) is 11.8. The van der Waals surface area contributed by atoms with Gasteiger partial charge in [-0.25, -0.2) is 23.2 Å². The number of fused-ring (bicyclic) bond motifs is 2. The molecular formula is C22H31BN10O17P3+. The van der Waals surface area contributed by atoms with Crippen LogP contribution in [0.5, 0.6) is 0 Å². The number of nitrogen functional groups attached to an aromatic ring is 2. The van der Waals surface area contributed by atoms with Crippen molar-refractivity contribution >= 4 is 65.5 Å². The molecule has 0 saturated carbocycles. The van der Waals surface area contributed by atoms with Gasteiger partial charge in [0.2, 0.25) is 11.5 Å². The highest BCUT2D eigenvalue weighted by molar-refractivity contribution is 7.66. The highest BCUT2D eigenvalue weighted by Crippen LogP contribution is 2.68. The number of H-pyrrole nitrogens is 2. The van der Waals surface area contributed by atoms with Gasteiger partial charge in [0, 0.05) is 5.92 Å². The Morgan fingerprint density at radius 1 is 0.925 bits per heavy atom. The van der Waals surface area contributed by atoms with Gasteiger partial charge in [-0.3, -0.25) is 37.7 Å². The Morgan fingerprint density at radius 3 is 2.19 bits per heavy atom. The fourth-order valence-corrected chi connectivity index (χ4v) is 9.28. The largest absolute Gasteiger partial charge is 0.490 e. The third kappa shape index (κ3) is 8.17. The fourth-order valence-electron chi connectivity index (χ4n) is 5.76. The van der Waals surface area contributed by atoms with Gasteiger partial charge in [-0.15, -0.1) is 0 Å². The highest BCUT2D eigenvalue weighted by Gasteiger charge is 2.48. The molecule has 0 amide bonds. The summed E-state index contributed by atoms with van der Waals surface area (Å²) in [5, 5.41) is 31.5. The Labute approximate surface area is 295 Å². The fraction of sp³-hybridized carbons (Fsp3) is 0.545. The van der Waals surface area contributed by atoms with E-state index in [9.17, 15) is 53.3 Å². The van der Waals surface area contributed by atoms with Crippen LogP contribution in [0.4, 0.5) is 11.9 Å². The molecule has 27 nitrogen and oxygen atoms in total. The van der Waals surface area contributed by atoms with E-state index in [-0.39, 0.29) is 40.8 Å². The second kappa shape index (κ2) is 14.3. The zero-order valence-electron chi connectivity index (χ0n) is 26.8. The van der Waals surface area contributed by atoms with E-state index in [1.807, 2.05) is 0 Å². The summed E-state index contributed by atoms with van der Waals surface area (Å²) in [5.41, 5.74) is 9.93. The van der Waals surface area contributed by atoms with E-state index in [1.54, 1.807) is 7.05 Å². The van der Waals surface area contributed by atoms with Gasteiger partial charge < -0.3 is 50.9 Å². The molecule has 7 unspecified atom stereocenters. The number of anilines is 2. The maximum Gasteiger partial charge on any atom is 0.490 e. The third-order valence-electron chi connectivity index (χ3n) is 8.12. The average Bonchev–Trinajstić information content (AvgIpc) is 3.74. The third-order valence-corrected chi connectivity index (χ3v) is 12.4. The van der Waals surface area contributed by atoms with Crippen LogP contribution in [0.25, 0.3) is 22.3 Å². The Hall–Kier alpha value is -3.43. The van der Waals surface area contributed by atoms with Gasteiger partial charge in [-0.05, 0) is 5.82 Å². The Kier molecular flexibility index (Phi) is 10.6. The van der Waals surface area contributed by atoms with Crippen LogP contribution in [0.3, 0.4) is 0 Å². The number of aliphatic hydroxyl groups excluding tert-OH is 3. The highest BCUT2D eigenvalue weighted by atomic mass is 31.3. The summed E-state index contributed by atoms with van der Waals surface area (Å²) in [6.45, 7) is -2.07. The summed E-state index contributed by atoms with van der Waals surface area (Å²) in [6.07, 6.45) is -7.00. The number of phosphoric acid groups is 3. The lowest BCUT2D eigenvalue weighted by Gasteiger charge is -2.21. The minimum Gasteiger partial charge on any atom is -0.387 e. The molecule has 0 aromatic carbocycles. The van der Waals surface area contributed by atoms with Crippen molar-refractivity contribution in [1.29, 1.82) is 0 Å². The van der Waals surface area contributed by atoms with Gasteiger partial charge in [0.25, 0.3) is 17.1 Å². The predicted octanol–water partition coefficient (Wildman–Crippen LogP) is -3.88. The Morgan fingerprint density at radius 2 is 1.53 bits per heavy atom. The standard InChI is InChI=1S/C22H30BN10O17P3/c1-31-6-32(16-12(31)18(37)30-22(25)28-16)2-7-10(23)8(48-20(7)38)3-45-51(39,40)49-53(43,44)50-52(41,42)46-4-9-13(34)14(35)19(47-9)33-5-26-11-15(33)27-21(24)29-17(11)36/h5-10,13-14,19-20,34-35,38H,2-4H2,1H3,(H8-,24,25,27,28,29,30,36,37,39,40,41,42,43,44)/p+1/t7?,8-,9-,10?,13?,14?,19-,20+/m1/s1. The zero-order chi connectivity index (χ0) is 38.8. The number of ether oxygens (including phenoxy) is 2. The number of nitrogens with one attached hydrogen (secondary N) is 2. The van der Waals surface area contributed by atoms with Crippen LogP contribution in [-0.2, 0) is 54.4 Å². The van der Waals surface area contributed by atoms with Gasteiger partial charge in [-0.2, -0.15) is 13.6 Å². The van der Waals surface area contributed by atoms with E-state index < -0.39 is 96.5 Å². The Bertz CT molecular complexity index is 2300. The molecule has 2 aliphatic rings. The molecule has 2 fully saturated rings. The molecule has 2 aliphatic heterocycles. The molecule has 4 aromatic heterocycles. The number of nitrogens with zero attached hydrogens (tertiary/aromatic N) is 6. The SMILES string of the molecule is [B]C1C(C[n+]2cn(C)c3c(=O)[nH]c(N)nc32)[C@@H](O)O[C@@H]1COP(=O)(O)OP(=O)(O)OP(=O)(O)OC[C@H]1O[C@@H](n2cnc3c(=O)[nH]c(N)nc32)C(O)C1O. The van der Waals surface area contributed by atoms with Crippen molar-refractivity contribution < 1.29 is 75.4 Å². The summed E-state index contributed by atoms with van der Waals surface area (Å²) in [7, 11) is -9.47. The zero-order valence-corrected chi connectivity index (χ0v) is 29.5. The van der Waals surface area contributed by atoms with Crippen molar-refractivity contribution in [2.24, 2.45) is 13.0 Å². The number of imidazole rings is 2. The van der Waals surface area contributed by atoms with E-state index in [0.29, 0.717) is 0 Å². The van der Waals surface area contributed by atoms with Crippen LogP contribution < -0.4 is 27.2 Å². The molecule has 12 N–H and O–H groups in total. The van der Waals surface area contributed by atoms with E-state index in [4.69, 9.17) is 28.8 Å². The van der Waals surface area contributed by atoms with Gasteiger partial charge in [0.1, 0.15) is 18.3 Å². The smallest absolute Gasteiger partial charge is 0.387 e. The van der Waals surface area contributed by atoms with Gasteiger partial charge in [-0.1, -0.05) is 4.98 Å². The minimum absolute atomic E-state index is 0.0821. The van der Waals surface area contributed by atoms with E-state index in [1.165, 1.54) is 15.5 Å².